The van der Waals surface area contributed by atoms with Crippen LogP contribution in [0.25, 0.3) is 0 Å². The molecule has 2 amide bonds. The number of hydrogen-bond acceptors (Lipinski definition) is 11. The minimum atomic E-state index is -3.01. The van der Waals surface area contributed by atoms with Crippen molar-refractivity contribution in [3.8, 4) is 23.7 Å². The number of carbonyl (C=O) groups is 2. The number of benzene rings is 2. The number of aryl methyl sites for hydroxylation is 2. The number of aliphatic hydroxyl groups is 2. The zero-order chi connectivity index (χ0) is 36.2. The van der Waals surface area contributed by atoms with Gasteiger partial charge < -0.3 is 20.0 Å². The molecule has 15 nitrogen and oxygen atoms in total. The Morgan fingerprint density at radius 3 is 1.58 bits per heavy atom. The summed E-state index contributed by atoms with van der Waals surface area (Å²) < 4.78 is 25.9. The van der Waals surface area contributed by atoms with Gasteiger partial charge in [0.05, 0.1) is 36.9 Å². The number of anilines is 2. The minimum absolute atomic E-state index is 0.0318. The van der Waals surface area contributed by atoms with E-state index in [-0.39, 0.29) is 38.4 Å². The van der Waals surface area contributed by atoms with Gasteiger partial charge in [0, 0.05) is 23.0 Å². The van der Waals surface area contributed by atoms with Crippen molar-refractivity contribution in [2.75, 3.05) is 9.80 Å². The van der Waals surface area contributed by atoms with E-state index < -0.39 is 31.3 Å². The Hall–Kier alpha value is -5.15. The Labute approximate surface area is 299 Å². The SMILES string of the molecule is Cc1ccc2c(c1)C(O)(C#CC1CC1)C(=O)N2Cc1cn(CO[PH](=O)OCn2cc(CN3C(=O)C(O)(C#CC4CC4)c4cc(C)ccc43)nn2)nn1. The Morgan fingerprint density at radius 2 is 1.17 bits per heavy atom. The van der Waals surface area contributed by atoms with Crippen LogP contribution in [0.15, 0.2) is 48.8 Å². The molecule has 0 radical (unpaired) electrons. The van der Waals surface area contributed by atoms with Crippen LogP contribution in [0.5, 0.6) is 0 Å². The highest BCUT2D eigenvalue weighted by Gasteiger charge is 2.50. The van der Waals surface area contributed by atoms with Crippen molar-refractivity contribution in [3.05, 3.63) is 82.4 Å². The number of hydrogen-bond donors (Lipinski definition) is 2. The summed E-state index contributed by atoms with van der Waals surface area (Å²) in [6.07, 6.45) is 6.95. The second-order valence-electron chi connectivity index (χ2n) is 13.6. The molecule has 266 valence electrons. The first-order chi connectivity index (χ1) is 25.0. The number of aromatic nitrogens is 6. The molecule has 0 saturated heterocycles. The van der Waals surface area contributed by atoms with Crippen molar-refractivity contribution >= 4 is 31.4 Å². The van der Waals surface area contributed by atoms with E-state index in [9.17, 15) is 24.4 Å². The molecule has 16 heteroatoms. The minimum Gasteiger partial charge on any atom is -0.366 e. The quantitative estimate of drug-likeness (QED) is 0.182. The van der Waals surface area contributed by atoms with Crippen molar-refractivity contribution in [3.63, 3.8) is 0 Å². The van der Waals surface area contributed by atoms with Crippen LogP contribution < -0.4 is 9.80 Å². The van der Waals surface area contributed by atoms with Crippen LogP contribution in [-0.4, -0.2) is 52.0 Å². The highest BCUT2D eigenvalue weighted by Crippen LogP contribution is 2.43. The summed E-state index contributed by atoms with van der Waals surface area (Å²) in [5, 5.41) is 39.1. The van der Waals surface area contributed by atoms with Gasteiger partial charge in [-0.15, -0.1) is 10.2 Å². The average molecular weight is 723 g/mol. The third-order valence-electron chi connectivity index (χ3n) is 9.29. The van der Waals surface area contributed by atoms with Crippen LogP contribution in [-0.2, 0) is 61.0 Å². The van der Waals surface area contributed by atoms with Gasteiger partial charge in [0.1, 0.15) is 24.8 Å². The van der Waals surface area contributed by atoms with Crippen molar-refractivity contribution in [1.29, 1.82) is 0 Å². The van der Waals surface area contributed by atoms with Crippen LogP contribution >= 0.6 is 8.25 Å². The van der Waals surface area contributed by atoms with Gasteiger partial charge >= 0.3 is 8.25 Å². The van der Waals surface area contributed by atoms with Crippen LogP contribution in [0.3, 0.4) is 0 Å². The molecule has 4 aromatic rings. The summed E-state index contributed by atoms with van der Waals surface area (Å²) in [5.74, 6) is 11.1. The van der Waals surface area contributed by atoms with E-state index in [0.29, 0.717) is 33.9 Å². The molecule has 8 rings (SSSR count). The maximum atomic E-state index is 13.5. The van der Waals surface area contributed by atoms with E-state index >= 15 is 0 Å². The van der Waals surface area contributed by atoms with Gasteiger partial charge in [0.2, 0.25) is 11.2 Å². The lowest BCUT2D eigenvalue weighted by Crippen LogP contribution is -2.39. The topological polar surface area (TPSA) is 178 Å². The van der Waals surface area contributed by atoms with Crippen molar-refractivity contribution in [2.45, 2.75) is 77.3 Å². The van der Waals surface area contributed by atoms with Gasteiger partial charge in [-0.1, -0.05) is 57.4 Å². The van der Waals surface area contributed by atoms with E-state index in [4.69, 9.17) is 9.05 Å². The molecular weight excluding hydrogens is 687 g/mol. The first kappa shape index (κ1) is 34.0. The molecule has 2 aliphatic carbocycles. The van der Waals surface area contributed by atoms with Gasteiger partial charge in [0.15, 0.2) is 0 Å². The lowest BCUT2D eigenvalue weighted by molar-refractivity contribution is -0.131. The second-order valence-corrected chi connectivity index (χ2v) is 14.7. The summed E-state index contributed by atoms with van der Waals surface area (Å²) in [5.41, 5.74) is 0.758. The molecule has 0 bridgehead atoms. The van der Waals surface area contributed by atoms with Crippen LogP contribution in [0.1, 0.15) is 59.3 Å². The lowest BCUT2D eigenvalue weighted by atomic mass is 9.94. The van der Waals surface area contributed by atoms with Gasteiger partial charge in [-0.3, -0.25) is 23.2 Å². The summed E-state index contributed by atoms with van der Waals surface area (Å²) in [6.45, 7) is 3.36. The molecule has 2 saturated carbocycles. The average Bonchev–Trinajstić information content (AvgIpc) is 4.03. The predicted molar refractivity (Wildman–Crippen MR) is 185 cm³/mol. The number of rotatable bonds is 10. The largest absolute Gasteiger partial charge is 0.366 e. The summed E-state index contributed by atoms with van der Waals surface area (Å²) in [7, 11) is -3.01. The summed E-state index contributed by atoms with van der Waals surface area (Å²) in [4.78, 5) is 29.8. The number of amides is 2. The van der Waals surface area contributed by atoms with Crippen LogP contribution in [0.2, 0.25) is 0 Å². The van der Waals surface area contributed by atoms with Gasteiger partial charge in [0.25, 0.3) is 11.8 Å². The molecule has 4 heterocycles. The van der Waals surface area contributed by atoms with Crippen LogP contribution in [0, 0.1) is 49.4 Å². The third kappa shape index (κ3) is 6.54. The standard InChI is InChI=1S/C36H35N8O7P/c1-23-3-9-31-29(15-23)35(47,13-11-25-5-6-25)33(45)43(31)19-27-17-41(39-37-27)21-50-52(49)51-22-42-18-28(38-40-42)20-44-32-10-4-24(2)16-30(32)36(48,34(44)46)14-12-26-7-8-26/h3-4,9-10,15-18,25-26,47-48,52H,5-8,19-22H2,1-2H3. The Kier molecular flexibility index (Phi) is 8.57. The first-order valence-electron chi connectivity index (χ1n) is 16.9. The fourth-order valence-electron chi connectivity index (χ4n) is 6.17. The summed E-state index contributed by atoms with van der Waals surface area (Å²) in [6, 6.07) is 10.8. The number of fused-ring (bicyclic) bond motifs is 2. The molecular formula is C36H35N8O7P. The number of nitrogens with zero attached hydrogens (tertiary/aromatic N) is 8. The van der Waals surface area contributed by atoms with E-state index in [1.54, 1.807) is 36.7 Å². The second kappa shape index (κ2) is 13.1. The number of carbonyl (C=O) groups excluding carboxylic acids is 2. The molecule has 4 aliphatic rings. The molecule has 2 unspecified atom stereocenters. The Morgan fingerprint density at radius 1 is 0.750 bits per heavy atom. The molecule has 2 aromatic carbocycles. The molecule has 2 N–H and O–H groups in total. The smallest absolute Gasteiger partial charge is 0.322 e. The van der Waals surface area contributed by atoms with Crippen LogP contribution in [0.4, 0.5) is 11.4 Å². The monoisotopic (exact) mass is 722 g/mol. The van der Waals surface area contributed by atoms with Crippen molar-refractivity contribution in [1.82, 2.24) is 30.0 Å². The maximum absolute atomic E-state index is 13.5. The first-order valence-corrected chi connectivity index (χ1v) is 18.2. The zero-order valence-corrected chi connectivity index (χ0v) is 29.4. The van der Waals surface area contributed by atoms with Crippen molar-refractivity contribution < 1.29 is 33.4 Å². The van der Waals surface area contributed by atoms with E-state index in [1.165, 1.54) is 19.2 Å². The molecule has 2 aliphatic heterocycles. The lowest BCUT2D eigenvalue weighted by Gasteiger charge is -2.18. The van der Waals surface area contributed by atoms with E-state index in [1.807, 2.05) is 26.0 Å². The van der Waals surface area contributed by atoms with Gasteiger partial charge in [-0.2, -0.15) is 0 Å². The Bertz CT molecular complexity index is 2100. The van der Waals surface area contributed by atoms with E-state index in [0.717, 1.165) is 36.8 Å². The van der Waals surface area contributed by atoms with Gasteiger partial charge in [-0.25, -0.2) is 9.36 Å². The zero-order valence-electron chi connectivity index (χ0n) is 28.4. The molecule has 52 heavy (non-hydrogen) atoms. The molecule has 2 aromatic heterocycles. The fourth-order valence-corrected chi connectivity index (χ4v) is 6.72. The predicted octanol–water partition coefficient (Wildman–Crippen LogP) is 2.82. The normalized spacial score (nSPS) is 22.5. The van der Waals surface area contributed by atoms with Gasteiger partial charge in [-0.05, 0) is 63.8 Å². The highest BCUT2D eigenvalue weighted by molar-refractivity contribution is 7.33. The maximum Gasteiger partial charge on any atom is 0.322 e. The molecule has 2 fully saturated rings. The van der Waals surface area contributed by atoms with E-state index in [2.05, 4.69) is 44.3 Å². The molecule has 0 spiro atoms. The summed E-state index contributed by atoms with van der Waals surface area (Å²) >= 11 is 0. The Balaban J connectivity index is 0.855. The third-order valence-corrected chi connectivity index (χ3v) is 10.0. The van der Waals surface area contributed by atoms with Crippen molar-refractivity contribution in [2.24, 2.45) is 11.8 Å². The highest BCUT2D eigenvalue weighted by atomic mass is 31.1. The fraction of sp³-hybridized carbons (Fsp3) is 0.389. The molecule has 2 atom stereocenters.